The summed E-state index contributed by atoms with van der Waals surface area (Å²) in [6.45, 7) is 7.04. The molecule has 0 saturated heterocycles. The molecule has 80 valence electrons. The fourth-order valence-corrected chi connectivity index (χ4v) is 2.84. The number of rotatable bonds is 4. The maximum atomic E-state index is 11.5. The molecular weight excluding hydrogens is 235 g/mol. The summed E-state index contributed by atoms with van der Waals surface area (Å²) in [6, 6.07) is -0.352. The number of hydrogen-bond donors (Lipinski definition) is 0. The molecule has 0 aromatic carbocycles. The van der Waals surface area contributed by atoms with Crippen molar-refractivity contribution in [1.82, 2.24) is 7.65 Å². The van der Waals surface area contributed by atoms with Crippen LogP contribution in [0.15, 0.2) is 0 Å². The van der Waals surface area contributed by atoms with E-state index in [4.69, 9.17) is 23.6 Å². The molecule has 4 nitrogen and oxygen atoms in total. The Bertz CT molecular complexity index is 243. The van der Waals surface area contributed by atoms with Gasteiger partial charge in [-0.2, -0.15) is 12.7 Å². The lowest BCUT2D eigenvalue weighted by Crippen LogP contribution is -2.45. The molecule has 7 heteroatoms. The molecule has 0 unspecified atom stereocenters. The molecule has 0 bridgehead atoms. The van der Waals surface area contributed by atoms with E-state index in [0.717, 1.165) is 0 Å². The van der Waals surface area contributed by atoms with Gasteiger partial charge in [0.1, 0.15) is 0 Å². The minimum Gasteiger partial charge on any atom is -0.192 e. The number of nitrogens with zero attached hydrogens (tertiary/aromatic N) is 2. The second-order valence-corrected chi connectivity index (χ2v) is 6.13. The smallest absolute Gasteiger partial charge is 0.192 e. The first-order chi connectivity index (χ1) is 5.71. The van der Waals surface area contributed by atoms with Gasteiger partial charge in [0, 0.05) is 35.6 Å². The van der Waals surface area contributed by atoms with Crippen LogP contribution in [0.3, 0.4) is 0 Å². The minimum atomic E-state index is -3.74. The van der Waals surface area contributed by atoms with Gasteiger partial charge in [0.2, 0.25) is 0 Å². The van der Waals surface area contributed by atoms with Gasteiger partial charge in [-0.3, -0.25) is 0 Å². The lowest BCUT2D eigenvalue weighted by molar-refractivity contribution is 0.295. The topological polar surface area (TPSA) is 40.6 Å². The summed E-state index contributed by atoms with van der Waals surface area (Å²) in [4.78, 5) is 0. The Morgan fingerprint density at radius 1 is 1.00 bits per heavy atom. The zero-order valence-corrected chi connectivity index (χ0v) is 10.4. The molecule has 0 aromatic heterocycles. The van der Waals surface area contributed by atoms with Gasteiger partial charge in [-0.05, 0) is 31.0 Å². The van der Waals surface area contributed by atoms with Crippen molar-refractivity contribution in [2.45, 2.75) is 39.8 Å². The molecule has 0 spiro atoms. The summed E-state index contributed by atoms with van der Waals surface area (Å²) in [5.41, 5.74) is 0. The average Bonchev–Trinajstić information content (AvgIpc) is 1.82. The molecule has 0 aliphatic carbocycles. The van der Waals surface area contributed by atoms with Gasteiger partial charge in [-0.15, -0.1) is 0 Å². The lowest BCUT2D eigenvalue weighted by Gasteiger charge is -2.29. The van der Waals surface area contributed by atoms with E-state index < -0.39 is 10.2 Å². The van der Waals surface area contributed by atoms with Crippen LogP contribution in [0.25, 0.3) is 0 Å². The molecular formula is C6H14Cl2N2O2S. The van der Waals surface area contributed by atoms with Gasteiger partial charge in [0.25, 0.3) is 0 Å². The van der Waals surface area contributed by atoms with Crippen LogP contribution < -0.4 is 0 Å². The molecule has 0 atom stereocenters. The van der Waals surface area contributed by atoms with Crippen LogP contribution in [0.5, 0.6) is 0 Å². The Hall–Kier alpha value is 0.450. The van der Waals surface area contributed by atoms with Crippen LogP contribution in [0.1, 0.15) is 27.7 Å². The summed E-state index contributed by atoms with van der Waals surface area (Å²) in [5.74, 6) is 0. The summed E-state index contributed by atoms with van der Waals surface area (Å²) >= 11 is 10.4. The van der Waals surface area contributed by atoms with Crippen molar-refractivity contribution in [3.8, 4) is 0 Å². The lowest BCUT2D eigenvalue weighted by atomic mass is 10.3. The normalized spacial score (nSPS) is 13.7. The van der Waals surface area contributed by atoms with Crippen LogP contribution in [-0.4, -0.2) is 28.2 Å². The minimum absolute atomic E-state index is 0.176. The molecule has 0 aliphatic heterocycles. The van der Waals surface area contributed by atoms with E-state index >= 15 is 0 Å². The second kappa shape index (κ2) is 4.79. The van der Waals surface area contributed by atoms with Gasteiger partial charge in [0.15, 0.2) is 0 Å². The molecule has 0 fully saturated rings. The Balaban J connectivity index is 4.97. The van der Waals surface area contributed by atoms with Crippen LogP contribution in [-0.2, 0) is 10.2 Å². The fourth-order valence-electron chi connectivity index (χ4n) is 1.20. The van der Waals surface area contributed by atoms with Gasteiger partial charge in [-0.1, -0.05) is 0 Å². The van der Waals surface area contributed by atoms with Crippen molar-refractivity contribution in [3.05, 3.63) is 0 Å². The highest BCUT2D eigenvalue weighted by atomic mass is 35.5. The average molecular weight is 249 g/mol. The van der Waals surface area contributed by atoms with Crippen LogP contribution in [0.4, 0.5) is 0 Å². The summed E-state index contributed by atoms with van der Waals surface area (Å²) in [5, 5.41) is 0. The molecule has 0 rings (SSSR count). The van der Waals surface area contributed by atoms with Crippen molar-refractivity contribution in [2.24, 2.45) is 0 Å². The Morgan fingerprint density at radius 3 is 1.38 bits per heavy atom. The Morgan fingerprint density at radius 2 is 1.31 bits per heavy atom. The van der Waals surface area contributed by atoms with Crippen molar-refractivity contribution >= 4 is 33.8 Å². The summed E-state index contributed by atoms with van der Waals surface area (Å²) in [7, 11) is -3.74. The van der Waals surface area contributed by atoms with E-state index in [2.05, 4.69) is 0 Å². The van der Waals surface area contributed by atoms with Crippen molar-refractivity contribution in [3.63, 3.8) is 0 Å². The molecule has 0 aromatic rings. The first-order valence-electron chi connectivity index (χ1n) is 3.86. The molecule has 0 radical (unpaired) electrons. The van der Waals surface area contributed by atoms with E-state index in [1.165, 1.54) is 4.31 Å². The number of halogens is 2. The Labute approximate surface area is 89.8 Å². The number of hydrogen-bond acceptors (Lipinski definition) is 2. The standard InChI is InChI=1S/C6H14Cl2N2O2S/c1-5(2)9(6(3)4)13(11,12)10(7)8/h5-6H,1-4H3. The molecule has 0 saturated carbocycles. The van der Waals surface area contributed by atoms with Gasteiger partial charge >= 0.3 is 10.2 Å². The highest BCUT2D eigenvalue weighted by Gasteiger charge is 2.32. The van der Waals surface area contributed by atoms with E-state index in [9.17, 15) is 8.42 Å². The fraction of sp³-hybridized carbons (Fsp3) is 1.00. The predicted octanol–water partition coefficient (Wildman–Crippen LogP) is 1.96. The van der Waals surface area contributed by atoms with Crippen molar-refractivity contribution in [1.29, 1.82) is 0 Å². The monoisotopic (exact) mass is 248 g/mol. The quantitative estimate of drug-likeness (QED) is 0.714. The SMILES string of the molecule is CC(C)N(C(C)C)S(=O)(=O)N(Cl)Cl. The van der Waals surface area contributed by atoms with E-state index in [0.29, 0.717) is 0 Å². The predicted molar refractivity (Wildman–Crippen MR) is 54.6 cm³/mol. The van der Waals surface area contributed by atoms with Crippen LogP contribution in [0.2, 0.25) is 0 Å². The van der Waals surface area contributed by atoms with Crippen LogP contribution >= 0.6 is 23.6 Å². The largest absolute Gasteiger partial charge is 0.310 e. The third kappa shape index (κ3) is 3.25. The highest BCUT2D eigenvalue weighted by molar-refractivity contribution is 7.88. The molecule has 0 aliphatic rings. The van der Waals surface area contributed by atoms with Gasteiger partial charge in [0.05, 0.1) is 0 Å². The summed E-state index contributed by atoms with van der Waals surface area (Å²) in [6.07, 6.45) is 0. The maximum absolute atomic E-state index is 11.5. The maximum Gasteiger partial charge on any atom is 0.310 e. The third-order valence-electron chi connectivity index (χ3n) is 1.46. The first kappa shape index (κ1) is 13.4. The molecule has 0 N–H and O–H groups in total. The molecule has 0 heterocycles. The second-order valence-electron chi connectivity index (χ2n) is 3.20. The van der Waals surface area contributed by atoms with E-state index in [-0.39, 0.29) is 15.4 Å². The van der Waals surface area contributed by atoms with Crippen LogP contribution in [0, 0.1) is 0 Å². The van der Waals surface area contributed by atoms with Gasteiger partial charge in [-0.25, -0.2) is 0 Å². The van der Waals surface area contributed by atoms with Crippen molar-refractivity contribution in [2.75, 3.05) is 0 Å². The zero-order chi connectivity index (χ0) is 10.8. The van der Waals surface area contributed by atoms with Gasteiger partial charge < -0.3 is 0 Å². The first-order valence-corrected chi connectivity index (χ1v) is 5.94. The summed E-state index contributed by atoms with van der Waals surface area (Å²) < 4.78 is 24.4. The molecule has 13 heavy (non-hydrogen) atoms. The molecule has 0 amide bonds. The van der Waals surface area contributed by atoms with E-state index in [1.54, 1.807) is 27.7 Å². The zero-order valence-electron chi connectivity index (χ0n) is 8.03. The highest BCUT2D eigenvalue weighted by Crippen LogP contribution is 2.19. The van der Waals surface area contributed by atoms with E-state index in [1.807, 2.05) is 0 Å². The Kier molecular flexibility index (Phi) is 4.96. The van der Waals surface area contributed by atoms with Crippen molar-refractivity contribution < 1.29 is 8.42 Å². The third-order valence-corrected chi connectivity index (χ3v) is 4.23.